The normalized spacial score (nSPS) is 12.4. The molecule has 0 saturated carbocycles. The van der Waals surface area contributed by atoms with Crippen molar-refractivity contribution < 1.29 is 13.2 Å². The molecule has 0 aliphatic carbocycles. The third kappa shape index (κ3) is 6.31. The van der Waals surface area contributed by atoms with E-state index in [1.807, 2.05) is 30.3 Å². The highest BCUT2D eigenvalue weighted by Crippen LogP contribution is 2.32. The number of benzene rings is 2. The molecule has 0 bridgehead atoms. The zero-order valence-corrected chi connectivity index (χ0v) is 18.0. The average molecular weight is 447 g/mol. The number of nitrogens with zero attached hydrogens (tertiary/aromatic N) is 1. The smallest absolute Gasteiger partial charge is 0.243 e. The van der Waals surface area contributed by atoms with Gasteiger partial charge >= 0.3 is 0 Å². The molecule has 1 atom stereocenters. The van der Waals surface area contributed by atoms with E-state index in [0.717, 1.165) is 15.5 Å². The molecule has 27 heavy (non-hydrogen) atoms. The van der Waals surface area contributed by atoms with Gasteiger partial charge in [-0.15, -0.1) is 11.8 Å². The highest BCUT2D eigenvalue weighted by atomic mass is 35.5. The van der Waals surface area contributed by atoms with Crippen molar-refractivity contribution in [3.05, 3.63) is 58.6 Å². The van der Waals surface area contributed by atoms with Gasteiger partial charge in [0, 0.05) is 22.2 Å². The van der Waals surface area contributed by atoms with Crippen LogP contribution in [0, 0.1) is 0 Å². The number of anilines is 1. The van der Waals surface area contributed by atoms with Crippen LogP contribution in [0.15, 0.2) is 53.4 Å². The first-order valence-corrected chi connectivity index (χ1v) is 11.7. The number of nitrogens with one attached hydrogen (secondary N) is 1. The number of hydrogen-bond donors (Lipinski definition) is 1. The van der Waals surface area contributed by atoms with Crippen molar-refractivity contribution in [3.63, 3.8) is 0 Å². The highest BCUT2D eigenvalue weighted by molar-refractivity contribution is 7.99. The number of carbonyl (C=O) groups is 1. The predicted octanol–water partition coefficient (Wildman–Crippen LogP) is 4.06. The van der Waals surface area contributed by atoms with E-state index in [0.29, 0.717) is 17.3 Å². The number of hydrogen-bond acceptors (Lipinski definition) is 4. The van der Waals surface area contributed by atoms with Gasteiger partial charge in [0.25, 0.3) is 0 Å². The van der Waals surface area contributed by atoms with Crippen LogP contribution in [0.5, 0.6) is 0 Å². The Morgan fingerprint density at radius 1 is 1.19 bits per heavy atom. The van der Waals surface area contributed by atoms with Gasteiger partial charge in [-0.05, 0) is 37.3 Å². The summed E-state index contributed by atoms with van der Waals surface area (Å²) in [5.41, 5.74) is 0.174. The van der Waals surface area contributed by atoms with Crippen molar-refractivity contribution in [1.82, 2.24) is 5.32 Å². The van der Waals surface area contributed by atoms with Gasteiger partial charge in [0.05, 0.1) is 17.0 Å². The van der Waals surface area contributed by atoms with Crippen LogP contribution in [0.2, 0.25) is 10.0 Å². The van der Waals surface area contributed by atoms with Crippen LogP contribution in [0.1, 0.15) is 6.92 Å². The van der Waals surface area contributed by atoms with Crippen LogP contribution in [0.3, 0.4) is 0 Å². The molecule has 146 valence electrons. The minimum Gasteiger partial charge on any atom is -0.353 e. The third-order valence-electron chi connectivity index (χ3n) is 3.65. The van der Waals surface area contributed by atoms with Gasteiger partial charge in [0.15, 0.2) is 0 Å². The lowest BCUT2D eigenvalue weighted by atomic mass is 10.2. The fourth-order valence-electron chi connectivity index (χ4n) is 2.44. The quantitative estimate of drug-likeness (QED) is 0.490. The zero-order chi connectivity index (χ0) is 20.0. The predicted molar refractivity (Wildman–Crippen MR) is 113 cm³/mol. The monoisotopic (exact) mass is 446 g/mol. The Kier molecular flexibility index (Phi) is 7.85. The number of halogens is 2. The number of rotatable bonds is 8. The van der Waals surface area contributed by atoms with E-state index in [9.17, 15) is 13.2 Å². The summed E-state index contributed by atoms with van der Waals surface area (Å²) in [6, 6.07) is 13.3. The maximum atomic E-state index is 12.5. The van der Waals surface area contributed by atoms with E-state index in [1.165, 1.54) is 19.1 Å². The van der Waals surface area contributed by atoms with E-state index < -0.39 is 22.0 Å². The molecular formula is C18H20Cl2N2O3S2. The van der Waals surface area contributed by atoms with Gasteiger partial charge in [-0.1, -0.05) is 41.4 Å². The summed E-state index contributed by atoms with van der Waals surface area (Å²) in [4.78, 5) is 13.6. The van der Waals surface area contributed by atoms with Crippen molar-refractivity contribution >= 4 is 56.6 Å². The summed E-state index contributed by atoms with van der Waals surface area (Å²) in [5.74, 6) is 0.254. The molecule has 0 aromatic heterocycles. The van der Waals surface area contributed by atoms with Crippen LogP contribution in [0.25, 0.3) is 0 Å². The fourth-order valence-corrected chi connectivity index (χ4v) is 4.84. The van der Waals surface area contributed by atoms with E-state index >= 15 is 0 Å². The summed E-state index contributed by atoms with van der Waals surface area (Å²) >= 11 is 13.7. The van der Waals surface area contributed by atoms with Gasteiger partial charge in [-0.2, -0.15) is 0 Å². The minimum absolute atomic E-state index is 0.174. The number of thioether (sulfide) groups is 1. The molecule has 1 N–H and O–H groups in total. The topological polar surface area (TPSA) is 66.5 Å². The Hall–Kier alpha value is -1.41. The summed E-state index contributed by atoms with van der Waals surface area (Å²) in [6.07, 6.45) is 1.03. The number of amides is 1. The zero-order valence-electron chi connectivity index (χ0n) is 14.9. The Balaban J connectivity index is 2.05. The second-order valence-electron chi connectivity index (χ2n) is 5.78. The van der Waals surface area contributed by atoms with Crippen LogP contribution < -0.4 is 9.62 Å². The van der Waals surface area contributed by atoms with Crippen molar-refractivity contribution in [2.45, 2.75) is 17.9 Å². The fraction of sp³-hybridized carbons (Fsp3) is 0.278. The lowest BCUT2D eigenvalue weighted by molar-refractivity contribution is -0.121. The minimum atomic E-state index is -3.75. The lowest BCUT2D eigenvalue weighted by Gasteiger charge is -2.29. The van der Waals surface area contributed by atoms with Crippen molar-refractivity contribution in [1.29, 1.82) is 0 Å². The molecule has 2 rings (SSSR count). The van der Waals surface area contributed by atoms with Crippen LogP contribution in [0.4, 0.5) is 5.69 Å². The van der Waals surface area contributed by atoms with Crippen LogP contribution in [-0.2, 0) is 14.8 Å². The molecule has 0 radical (unpaired) electrons. The van der Waals surface area contributed by atoms with Gasteiger partial charge in [0.2, 0.25) is 15.9 Å². The molecule has 0 saturated heterocycles. The van der Waals surface area contributed by atoms with Crippen molar-refractivity contribution in [3.8, 4) is 0 Å². The van der Waals surface area contributed by atoms with Gasteiger partial charge in [0.1, 0.15) is 6.04 Å². The molecule has 0 aliphatic heterocycles. The SMILES string of the molecule is C[C@@H](C(=O)NCCSc1ccccc1)N(c1cc(Cl)ccc1Cl)S(C)(=O)=O. The second kappa shape index (κ2) is 9.68. The molecule has 0 aliphatic rings. The van der Waals surface area contributed by atoms with Gasteiger partial charge < -0.3 is 5.32 Å². The molecular weight excluding hydrogens is 427 g/mol. The molecule has 0 heterocycles. The van der Waals surface area contributed by atoms with E-state index in [2.05, 4.69) is 5.32 Å². The standard InChI is InChI=1S/C18H20Cl2N2O3S2/c1-13(18(23)21-10-11-26-15-6-4-3-5-7-15)22(27(2,24)25)17-12-14(19)8-9-16(17)20/h3-9,12-13H,10-11H2,1-2H3,(H,21,23)/t13-/m0/s1. The maximum Gasteiger partial charge on any atom is 0.243 e. The molecule has 9 heteroatoms. The first-order valence-electron chi connectivity index (χ1n) is 8.10. The molecule has 0 fully saturated rings. The largest absolute Gasteiger partial charge is 0.353 e. The first kappa shape index (κ1) is 21.9. The van der Waals surface area contributed by atoms with Crippen LogP contribution in [-0.4, -0.2) is 38.9 Å². The Bertz CT molecular complexity index is 893. The summed E-state index contributed by atoms with van der Waals surface area (Å²) in [7, 11) is -3.75. The van der Waals surface area contributed by atoms with Crippen molar-refractivity contribution in [2.24, 2.45) is 0 Å². The van der Waals surface area contributed by atoms with E-state index in [1.54, 1.807) is 17.8 Å². The molecule has 0 unspecified atom stereocenters. The lowest BCUT2D eigenvalue weighted by Crippen LogP contribution is -2.48. The van der Waals surface area contributed by atoms with E-state index in [-0.39, 0.29) is 10.7 Å². The summed E-state index contributed by atoms with van der Waals surface area (Å²) in [5, 5.41) is 3.29. The molecule has 2 aromatic carbocycles. The number of carbonyl (C=O) groups excluding carboxylic acids is 1. The highest BCUT2D eigenvalue weighted by Gasteiger charge is 2.30. The van der Waals surface area contributed by atoms with Crippen LogP contribution >= 0.6 is 35.0 Å². The molecule has 1 amide bonds. The molecule has 5 nitrogen and oxygen atoms in total. The van der Waals surface area contributed by atoms with E-state index in [4.69, 9.17) is 23.2 Å². The average Bonchev–Trinajstić information content (AvgIpc) is 2.61. The van der Waals surface area contributed by atoms with Gasteiger partial charge in [-0.3, -0.25) is 9.10 Å². The van der Waals surface area contributed by atoms with Crippen molar-refractivity contribution in [2.75, 3.05) is 22.9 Å². The maximum absolute atomic E-state index is 12.5. The van der Waals surface area contributed by atoms with Gasteiger partial charge in [-0.25, -0.2) is 8.42 Å². The third-order valence-corrected chi connectivity index (χ3v) is 6.44. The molecule has 2 aromatic rings. The Morgan fingerprint density at radius 2 is 1.85 bits per heavy atom. The Morgan fingerprint density at radius 3 is 2.48 bits per heavy atom. The first-order chi connectivity index (χ1) is 12.7. The summed E-state index contributed by atoms with van der Waals surface area (Å²) < 4.78 is 25.6. The number of sulfonamides is 1. The second-order valence-corrected chi connectivity index (χ2v) is 9.65. The molecule has 0 spiro atoms. The summed E-state index contributed by atoms with van der Waals surface area (Å²) in [6.45, 7) is 1.92. The Labute approximate surface area is 174 Å².